The molecule has 0 saturated carbocycles. The van der Waals surface area contributed by atoms with Gasteiger partial charge in [0.1, 0.15) is 11.6 Å². The molecule has 0 bridgehead atoms. The van der Waals surface area contributed by atoms with Crippen LogP contribution in [0.3, 0.4) is 0 Å². The van der Waals surface area contributed by atoms with Gasteiger partial charge in [0.05, 0.1) is 11.4 Å². The lowest BCUT2D eigenvalue weighted by Crippen LogP contribution is -2.33. The Morgan fingerprint density at radius 2 is 1.89 bits per heavy atom. The molecule has 2 amide bonds. The van der Waals surface area contributed by atoms with Crippen LogP contribution >= 0.6 is 0 Å². The third-order valence-corrected chi connectivity index (χ3v) is 4.72. The van der Waals surface area contributed by atoms with E-state index in [2.05, 4.69) is 20.3 Å². The summed E-state index contributed by atoms with van der Waals surface area (Å²) < 4.78 is 13.1. The number of carbonyl (C=O) groups excluding carboxylic acids is 1. The van der Waals surface area contributed by atoms with E-state index in [4.69, 9.17) is 5.73 Å². The number of pyridine rings is 1. The normalized spacial score (nSPS) is 16.2. The summed E-state index contributed by atoms with van der Waals surface area (Å²) >= 11 is 0. The molecular formula is C20H19FN6O. The van der Waals surface area contributed by atoms with Crippen molar-refractivity contribution in [2.45, 2.75) is 12.3 Å². The predicted octanol–water partition coefficient (Wildman–Crippen LogP) is 3.28. The Kier molecular flexibility index (Phi) is 4.84. The van der Waals surface area contributed by atoms with Gasteiger partial charge in [0.15, 0.2) is 5.82 Å². The fraction of sp³-hybridized carbons (Fsp3) is 0.200. The van der Waals surface area contributed by atoms with Gasteiger partial charge in [-0.25, -0.2) is 24.1 Å². The van der Waals surface area contributed by atoms with Crippen molar-refractivity contribution in [2.24, 2.45) is 0 Å². The molecule has 28 heavy (non-hydrogen) atoms. The van der Waals surface area contributed by atoms with E-state index in [1.54, 1.807) is 47.6 Å². The fourth-order valence-electron chi connectivity index (χ4n) is 3.21. The maximum Gasteiger partial charge on any atom is 0.323 e. The number of halogens is 1. The van der Waals surface area contributed by atoms with Gasteiger partial charge in [-0.15, -0.1) is 0 Å². The van der Waals surface area contributed by atoms with Crippen molar-refractivity contribution in [1.29, 1.82) is 0 Å². The lowest BCUT2D eigenvalue weighted by Gasteiger charge is -2.18. The highest BCUT2D eigenvalue weighted by Crippen LogP contribution is 2.27. The number of hydrogen-bond donors (Lipinski definition) is 2. The van der Waals surface area contributed by atoms with Gasteiger partial charge >= 0.3 is 6.03 Å². The summed E-state index contributed by atoms with van der Waals surface area (Å²) in [5.41, 5.74) is 7.68. The summed E-state index contributed by atoms with van der Waals surface area (Å²) in [5, 5.41) is 2.78. The van der Waals surface area contributed by atoms with E-state index in [9.17, 15) is 9.18 Å². The first-order chi connectivity index (χ1) is 13.6. The molecule has 1 fully saturated rings. The average molecular weight is 378 g/mol. The van der Waals surface area contributed by atoms with E-state index in [0.717, 1.165) is 17.8 Å². The van der Waals surface area contributed by atoms with Crippen molar-refractivity contribution >= 4 is 17.5 Å². The molecule has 1 saturated heterocycles. The molecule has 3 heterocycles. The average Bonchev–Trinajstić information content (AvgIpc) is 3.21. The number of rotatable bonds is 3. The quantitative estimate of drug-likeness (QED) is 0.729. The number of anilines is 2. The van der Waals surface area contributed by atoms with E-state index >= 15 is 0 Å². The number of nitrogen functional groups attached to an aromatic ring is 1. The molecule has 7 nitrogen and oxygen atoms in total. The third kappa shape index (κ3) is 3.75. The number of benzene rings is 1. The highest BCUT2D eigenvalue weighted by atomic mass is 19.1. The van der Waals surface area contributed by atoms with E-state index in [1.807, 2.05) is 0 Å². The molecule has 0 radical (unpaired) electrons. The van der Waals surface area contributed by atoms with Crippen molar-refractivity contribution in [3.05, 3.63) is 66.5 Å². The first kappa shape index (κ1) is 17.8. The van der Waals surface area contributed by atoms with Gasteiger partial charge in [-0.05, 0) is 48.9 Å². The van der Waals surface area contributed by atoms with E-state index < -0.39 is 0 Å². The van der Waals surface area contributed by atoms with Crippen LogP contribution < -0.4 is 11.1 Å². The molecule has 3 N–H and O–H groups in total. The van der Waals surface area contributed by atoms with Gasteiger partial charge in [-0.3, -0.25) is 5.32 Å². The van der Waals surface area contributed by atoms with Gasteiger partial charge in [0.2, 0.25) is 0 Å². The lowest BCUT2D eigenvalue weighted by atomic mass is 10.1. The van der Waals surface area contributed by atoms with Crippen molar-refractivity contribution < 1.29 is 9.18 Å². The summed E-state index contributed by atoms with van der Waals surface area (Å²) in [6.07, 6.45) is 4.21. The van der Waals surface area contributed by atoms with Gasteiger partial charge < -0.3 is 10.6 Å². The Morgan fingerprint density at radius 1 is 1.14 bits per heavy atom. The molecular weight excluding hydrogens is 359 g/mol. The largest absolute Gasteiger partial charge is 0.396 e. The van der Waals surface area contributed by atoms with Crippen molar-refractivity contribution in [1.82, 2.24) is 19.9 Å². The van der Waals surface area contributed by atoms with Crippen LogP contribution in [0, 0.1) is 5.82 Å². The molecule has 0 aliphatic carbocycles. The monoisotopic (exact) mass is 378 g/mol. The van der Waals surface area contributed by atoms with E-state index in [0.29, 0.717) is 24.5 Å². The number of amides is 2. The molecule has 0 spiro atoms. The van der Waals surface area contributed by atoms with Crippen LogP contribution in [0.4, 0.5) is 20.7 Å². The second-order valence-electron chi connectivity index (χ2n) is 6.61. The zero-order chi connectivity index (χ0) is 19.5. The molecule has 4 rings (SSSR count). The molecule has 8 heteroatoms. The highest BCUT2D eigenvalue weighted by Gasteiger charge is 2.29. The number of nitrogens with two attached hydrogens (primary N) is 1. The summed E-state index contributed by atoms with van der Waals surface area (Å²) in [5.74, 6) is 0.821. The Hall–Kier alpha value is -3.55. The van der Waals surface area contributed by atoms with Crippen molar-refractivity contribution in [3.63, 3.8) is 0 Å². The van der Waals surface area contributed by atoms with Crippen LogP contribution in [-0.2, 0) is 0 Å². The SMILES string of the molecule is Nc1ccc(-c2ccc(F)cc2)nc1NC(=O)N1CC[C@H](c2ncccn2)C1. The molecule has 1 aromatic carbocycles. The smallest absolute Gasteiger partial charge is 0.323 e. The molecule has 142 valence electrons. The fourth-order valence-corrected chi connectivity index (χ4v) is 3.21. The zero-order valence-electron chi connectivity index (χ0n) is 15.0. The highest BCUT2D eigenvalue weighted by molar-refractivity contribution is 5.92. The maximum absolute atomic E-state index is 13.1. The number of aromatic nitrogens is 3. The first-order valence-electron chi connectivity index (χ1n) is 8.95. The Morgan fingerprint density at radius 3 is 2.64 bits per heavy atom. The Balaban J connectivity index is 1.47. The maximum atomic E-state index is 13.1. The van der Waals surface area contributed by atoms with Crippen molar-refractivity contribution in [3.8, 4) is 11.3 Å². The summed E-state index contributed by atoms with van der Waals surface area (Å²) in [7, 11) is 0. The molecule has 0 unspecified atom stereocenters. The topological polar surface area (TPSA) is 97.0 Å². The summed E-state index contributed by atoms with van der Waals surface area (Å²) in [4.78, 5) is 27.3. The predicted molar refractivity (Wildman–Crippen MR) is 104 cm³/mol. The Labute approximate surface area is 161 Å². The van der Waals surface area contributed by atoms with Crippen LogP contribution in [-0.4, -0.2) is 39.0 Å². The van der Waals surface area contributed by atoms with Gasteiger partial charge in [-0.1, -0.05) is 0 Å². The minimum atomic E-state index is -0.321. The zero-order valence-corrected chi connectivity index (χ0v) is 15.0. The van der Waals surface area contributed by atoms with Gasteiger partial charge in [0, 0.05) is 37.0 Å². The second-order valence-corrected chi connectivity index (χ2v) is 6.61. The molecule has 1 aliphatic heterocycles. The third-order valence-electron chi connectivity index (χ3n) is 4.72. The number of nitrogens with one attached hydrogen (secondary N) is 1. The first-order valence-corrected chi connectivity index (χ1v) is 8.95. The number of carbonyl (C=O) groups is 1. The standard InChI is InChI=1S/C20H19FN6O/c21-15-4-2-13(3-5-15)17-7-6-16(22)19(25-17)26-20(28)27-11-8-14(12-27)18-23-9-1-10-24-18/h1-7,9-10,14H,8,11-12,22H2,(H,25,26,28)/t14-/m0/s1. The lowest BCUT2D eigenvalue weighted by molar-refractivity contribution is 0.222. The second kappa shape index (κ2) is 7.59. The minimum Gasteiger partial charge on any atom is -0.396 e. The van der Waals surface area contributed by atoms with E-state index in [1.165, 1.54) is 12.1 Å². The molecule has 1 aliphatic rings. The molecule has 3 aromatic rings. The van der Waals surface area contributed by atoms with E-state index in [-0.39, 0.29) is 23.6 Å². The van der Waals surface area contributed by atoms with Crippen LogP contribution in [0.1, 0.15) is 18.2 Å². The van der Waals surface area contributed by atoms with Crippen molar-refractivity contribution in [2.75, 3.05) is 24.1 Å². The van der Waals surface area contributed by atoms with Crippen LogP contribution in [0.5, 0.6) is 0 Å². The number of nitrogens with zero attached hydrogens (tertiary/aromatic N) is 4. The van der Waals surface area contributed by atoms with Gasteiger partial charge in [-0.2, -0.15) is 0 Å². The molecule has 1 atom stereocenters. The van der Waals surface area contributed by atoms with Gasteiger partial charge in [0.25, 0.3) is 0 Å². The van der Waals surface area contributed by atoms with Crippen LogP contribution in [0.2, 0.25) is 0 Å². The molecule has 2 aromatic heterocycles. The summed E-state index contributed by atoms with van der Waals surface area (Å²) in [6.45, 7) is 1.14. The number of likely N-dealkylation sites (tertiary alicyclic amines) is 1. The number of hydrogen-bond acceptors (Lipinski definition) is 5. The van der Waals surface area contributed by atoms with Crippen LogP contribution in [0.15, 0.2) is 54.9 Å². The summed E-state index contributed by atoms with van der Waals surface area (Å²) in [6, 6.07) is 10.9. The number of urea groups is 1. The Bertz CT molecular complexity index is 980. The van der Waals surface area contributed by atoms with Crippen LogP contribution in [0.25, 0.3) is 11.3 Å². The minimum absolute atomic E-state index is 0.114.